The number of carboxylic acids is 1. The number of rotatable bonds is 4. The zero-order valence-electron chi connectivity index (χ0n) is 12.9. The molecule has 0 aliphatic carbocycles. The Labute approximate surface area is 174 Å². The number of carbonyl (C=O) groups is 1. The minimum absolute atomic E-state index is 0.171. The first-order valence-electron chi connectivity index (χ1n) is 7.21. The first kappa shape index (κ1) is 19.5. The Bertz CT molecular complexity index is 1090. The molecule has 26 heavy (non-hydrogen) atoms. The van der Waals surface area contributed by atoms with Crippen molar-refractivity contribution in [2.75, 3.05) is 0 Å². The number of carboxylic acid groups (broad SMARTS) is 1. The number of imidazole rings is 1. The largest absolute Gasteiger partial charge is 0.481 e. The zero-order valence-corrected chi connectivity index (χ0v) is 18.5. The molecule has 0 radical (unpaired) electrons. The summed E-state index contributed by atoms with van der Waals surface area (Å²) in [4.78, 5) is 15.2. The summed E-state index contributed by atoms with van der Waals surface area (Å²) in [6, 6.07) is 13.8. The molecule has 0 unspecified atom stereocenters. The van der Waals surface area contributed by atoms with Crippen molar-refractivity contribution in [1.29, 1.82) is 0 Å². The van der Waals surface area contributed by atoms with Crippen molar-refractivity contribution < 1.29 is 18.3 Å². The molecule has 0 saturated heterocycles. The van der Waals surface area contributed by atoms with Crippen molar-refractivity contribution in [2.45, 2.75) is 13.1 Å². The van der Waals surface area contributed by atoms with E-state index in [0.717, 1.165) is 0 Å². The molecule has 10 heteroatoms. The second-order valence-corrected chi connectivity index (χ2v) is 15.7. The van der Waals surface area contributed by atoms with Gasteiger partial charge in [-0.1, -0.05) is 24.3 Å². The van der Waals surface area contributed by atoms with Gasteiger partial charge in [0.15, 0.2) is 0 Å². The Morgan fingerprint density at radius 2 is 1.77 bits per heavy atom. The van der Waals surface area contributed by atoms with E-state index in [4.69, 9.17) is 5.11 Å². The standard InChI is InChI=1S/C16H11Br3N2O4S/c17-16(18,19)26(24,25)15-20-12-8-10(9-14(22)23)6-7-13(12)21(15)11-4-2-1-3-5-11/h1-8H,9H2,(H,22,23). The van der Waals surface area contributed by atoms with E-state index in [2.05, 4.69) is 52.8 Å². The van der Waals surface area contributed by atoms with Gasteiger partial charge in [0, 0.05) is 5.69 Å². The highest BCUT2D eigenvalue weighted by Crippen LogP contribution is 2.44. The maximum atomic E-state index is 13.0. The predicted octanol–water partition coefficient (Wildman–Crippen LogP) is 4.22. The smallest absolute Gasteiger partial charge is 0.307 e. The van der Waals surface area contributed by atoms with Crippen LogP contribution in [0.5, 0.6) is 0 Å². The summed E-state index contributed by atoms with van der Waals surface area (Å²) >= 11 is 9.19. The van der Waals surface area contributed by atoms with Crippen LogP contribution in [-0.2, 0) is 21.1 Å². The number of benzene rings is 2. The Morgan fingerprint density at radius 3 is 2.35 bits per heavy atom. The number of fused-ring (bicyclic) bond motifs is 1. The van der Waals surface area contributed by atoms with Crippen LogP contribution in [0.4, 0.5) is 0 Å². The summed E-state index contributed by atoms with van der Waals surface area (Å²) in [7, 11) is -3.97. The Hall–Kier alpha value is -1.23. The van der Waals surface area contributed by atoms with Crippen LogP contribution < -0.4 is 0 Å². The second-order valence-electron chi connectivity index (χ2n) is 5.41. The first-order valence-corrected chi connectivity index (χ1v) is 11.1. The van der Waals surface area contributed by atoms with Gasteiger partial charge in [-0.25, -0.2) is 13.4 Å². The number of halogens is 3. The molecular weight excluding hydrogens is 556 g/mol. The molecule has 0 fully saturated rings. The van der Waals surface area contributed by atoms with Crippen molar-refractivity contribution in [1.82, 2.24) is 9.55 Å². The fourth-order valence-electron chi connectivity index (χ4n) is 2.50. The first-order chi connectivity index (χ1) is 12.1. The van der Waals surface area contributed by atoms with Crippen LogP contribution >= 0.6 is 47.8 Å². The maximum absolute atomic E-state index is 13.0. The molecule has 136 valence electrons. The van der Waals surface area contributed by atoms with E-state index >= 15 is 0 Å². The number of sulfone groups is 1. The fourth-order valence-corrected chi connectivity index (χ4v) is 4.67. The third kappa shape index (κ3) is 3.60. The van der Waals surface area contributed by atoms with Crippen LogP contribution in [0.25, 0.3) is 16.7 Å². The van der Waals surface area contributed by atoms with Crippen LogP contribution in [0.3, 0.4) is 0 Å². The lowest BCUT2D eigenvalue weighted by molar-refractivity contribution is -0.136. The number of hydrogen-bond acceptors (Lipinski definition) is 4. The average Bonchev–Trinajstić information content (AvgIpc) is 2.93. The Morgan fingerprint density at radius 1 is 1.12 bits per heavy atom. The average molecular weight is 567 g/mol. The van der Waals surface area contributed by atoms with Crippen LogP contribution in [0.15, 0.2) is 53.7 Å². The highest BCUT2D eigenvalue weighted by atomic mass is 80.0. The van der Waals surface area contributed by atoms with Crippen molar-refractivity contribution in [3.8, 4) is 5.69 Å². The number of nitrogens with zero attached hydrogens (tertiary/aromatic N) is 2. The van der Waals surface area contributed by atoms with Crippen molar-refractivity contribution in [3.05, 3.63) is 54.1 Å². The maximum Gasteiger partial charge on any atom is 0.307 e. The molecule has 1 N–H and O–H groups in total. The van der Waals surface area contributed by atoms with E-state index < -0.39 is 17.3 Å². The number of alkyl halides is 3. The second kappa shape index (κ2) is 7.06. The predicted molar refractivity (Wildman–Crippen MR) is 109 cm³/mol. The van der Waals surface area contributed by atoms with Crippen molar-refractivity contribution in [2.24, 2.45) is 0 Å². The van der Waals surface area contributed by atoms with Crippen molar-refractivity contribution in [3.63, 3.8) is 0 Å². The fraction of sp³-hybridized carbons (Fsp3) is 0.125. The van der Waals surface area contributed by atoms with Gasteiger partial charge in [-0.3, -0.25) is 9.36 Å². The van der Waals surface area contributed by atoms with E-state index in [-0.39, 0.29) is 11.6 Å². The molecule has 0 amide bonds. The van der Waals surface area contributed by atoms with Gasteiger partial charge in [-0.2, -0.15) is 0 Å². The van der Waals surface area contributed by atoms with Crippen LogP contribution in [-0.4, -0.2) is 30.5 Å². The number of hydrogen-bond donors (Lipinski definition) is 1. The molecule has 2 aromatic carbocycles. The van der Waals surface area contributed by atoms with Crippen LogP contribution in [0.1, 0.15) is 5.56 Å². The molecule has 3 aromatic rings. The zero-order chi connectivity index (χ0) is 19.1. The molecule has 0 aliphatic heterocycles. The van der Waals surface area contributed by atoms with Gasteiger partial charge in [0.25, 0.3) is 0 Å². The molecule has 0 bridgehead atoms. The third-order valence-corrected chi connectivity index (χ3v) is 8.80. The molecular formula is C16H11Br3N2O4S. The van der Waals surface area contributed by atoms with Crippen LogP contribution in [0, 0.1) is 0 Å². The molecule has 6 nitrogen and oxygen atoms in total. The summed E-state index contributed by atoms with van der Waals surface area (Å²) in [5, 5.41) is 8.79. The van der Waals surface area contributed by atoms with Gasteiger partial charge >= 0.3 is 5.97 Å². The highest BCUT2D eigenvalue weighted by molar-refractivity contribution is 9.42. The summed E-state index contributed by atoms with van der Waals surface area (Å²) in [6.45, 7) is 0. The lowest BCUT2D eigenvalue weighted by Gasteiger charge is -2.15. The molecule has 3 rings (SSSR count). The van der Waals surface area contributed by atoms with E-state index in [1.165, 1.54) is 4.57 Å². The van der Waals surface area contributed by atoms with Gasteiger partial charge in [0.2, 0.25) is 16.5 Å². The highest BCUT2D eigenvalue weighted by Gasteiger charge is 2.41. The molecule has 0 aliphatic rings. The molecule has 1 heterocycles. The molecule has 0 atom stereocenters. The number of aromatic nitrogens is 2. The topological polar surface area (TPSA) is 89.3 Å². The SMILES string of the molecule is O=C(O)Cc1ccc2c(c1)nc(S(=O)(=O)C(Br)(Br)Br)n2-c1ccccc1. The minimum Gasteiger partial charge on any atom is -0.481 e. The number of aliphatic carboxylic acids is 1. The van der Waals surface area contributed by atoms with Gasteiger partial charge in [0.05, 0.1) is 17.5 Å². The minimum atomic E-state index is -3.97. The Balaban J connectivity index is 2.34. The van der Waals surface area contributed by atoms with E-state index in [9.17, 15) is 13.2 Å². The van der Waals surface area contributed by atoms with Gasteiger partial charge < -0.3 is 5.11 Å². The van der Waals surface area contributed by atoms with Gasteiger partial charge in [-0.15, -0.1) is 0 Å². The van der Waals surface area contributed by atoms with E-state index in [0.29, 0.717) is 22.3 Å². The number of para-hydroxylation sites is 1. The molecule has 1 aromatic heterocycles. The van der Waals surface area contributed by atoms with E-state index in [1.807, 2.05) is 6.07 Å². The van der Waals surface area contributed by atoms with Gasteiger partial charge in [0.1, 0.15) is 0 Å². The third-order valence-electron chi connectivity index (χ3n) is 3.60. The van der Waals surface area contributed by atoms with E-state index in [1.54, 1.807) is 42.5 Å². The normalized spacial score (nSPS) is 12.4. The van der Waals surface area contributed by atoms with Gasteiger partial charge in [-0.05, 0) is 77.6 Å². The van der Waals surface area contributed by atoms with Crippen molar-refractivity contribution >= 4 is 74.6 Å². The monoisotopic (exact) mass is 564 g/mol. The summed E-state index contributed by atoms with van der Waals surface area (Å²) in [5.74, 6) is -0.972. The summed E-state index contributed by atoms with van der Waals surface area (Å²) in [5.41, 5.74) is 2.11. The Kier molecular flexibility index (Phi) is 5.31. The lowest BCUT2D eigenvalue weighted by atomic mass is 10.1. The quantitative estimate of drug-likeness (QED) is 0.478. The summed E-state index contributed by atoms with van der Waals surface area (Å²) < 4.78 is 25.9. The lowest BCUT2D eigenvalue weighted by Crippen LogP contribution is -2.21. The molecule has 0 spiro atoms. The van der Waals surface area contributed by atoms with Crippen LogP contribution in [0.2, 0.25) is 0 Å². The molecule has 0 saturated carbocycles. The summed E-state index contributed by atoms with van der Waals surface area (Å²) in [6.07, 6.45) is -0.171.